The lowest BCUT2D eigenvalue weighted by Gasteiger charge is -2.45. The molecule has 2 heterocycles. The molecule has 0 spiro atoms. The predicted molar refractivity (Wildman–Crippen MR) is 103 cm³/mol. The molecule has 2 fully saturated rings. The lowest BCUT2D eigenvalue weighted by Crippen LogP contribution is -2.59. The second-order valence-electron chi connectivity index (χ2n) is 7.52. The minimum atomic E-state index is -3.15. The molecule has 0 aromatic heterocycles. The summed E-state index contributed by atoms with van der Waals surface area (Å²) in [5.74, 6) is 0.0949. The van der Waals surface area contributed by atoms with Crippen LogP contribution >= 0.6 is 0 Å². The van der Waals surface area contributed by atoms with E-state index in [1.165, 1.54) is 6.26 Å². The van der Waals surface area contributed by atoms with Crippen LogP contribution in [0.4, 0.5) is 0 Å². The van der Waals surface area contributed by atoms with Crippen molar-refractivity contribution >= 4 is 15.9 Å². The molecule has 26 heavy (non-hydrogen) atoms. The summed E-state index contributed by atoms with van der Waals surface area (Å²) in [6, 6.07) is 7.70. The number of hydrogen-bond donors (Lipinski definition) is 0. The van der Waals surface area contributed by atoms with Crippen LogP contribution in [0.15, 0.2) is 24.3 Å². The van der Waals surface area contributed by atoms with Crippen LogP contribution in [0.1, 0.15) is 35.7 Å². The van der Waals surface area contributed by atoms with Gasteiger partial charge in [-0.15, -0.1) is 0 Å². The lowest BCUT2D eigenvalue weighted by molar-refractivity contribution is 0.0312. The summed E-state index contributed by atoms with van der Waals surface area (Å²) in [6.45, 7) is 8.22. The molecule has 7 heteroatoms. The van der Waals surface area contributed by atoms with E-state index in [9.17, 15) is 13.2 Å². The van der Waals surface area contributed by atoms with Gasteiger partial charge in [0.25, 0.3) is 5.91 Å². The number of sulfonamides is 1. The normalized spacial score (nSPS) is 25.6. The van der Waals surface area contributed by atoms with Crippen molar-refractivity contribution in [1.82, 2.24) is 14.1 Å². The maximum atomic E-state index is 12.8. The molecule has 1 unspecified atom stereocenters. The molecule has 0 radical (unpaired) electrons. The minimum absolute atomic E-state index is 0.0949. The Labute approximate surface area is 156 Å². The Morgan fingerprint density at radius 2 is 1.77 bits per heavy atom. The average molecular weight is 380 g/mol. The Morgan fingerprint density at radius 1 is 1.12 bits per heavy atom. The third-order valence-electron chi connectivity index (χ3n) is 6.04. The van der Waals surface area contributed by atoms with E-state index >= 15 is 0 Å². The number of aryl methyl sites for hydroxylation is 1. The van der Waals surface area contributed by atoms with Gasteiger partial charge in [-0.05, 0) is 31.4 Å². The Morgan fingerprint density at radius 3 is 2.31 bits per heavy atom. The highest BCUT2D eigenvalue weighted by atomic mass is 32.2. The number of hydrogen-bond acceptors (Lipinski definition) is 4. The monoisotopic (exact) mass is 379 g/mol. The molecule has 1 amide bonds. The summed E-state index contributed by atoms with van der Waals surface area (Å²) in [6.07, 6.45) is 3.07. The number of carbonyl (C=O) groups is 1. The fourth-order valence-electron chi connectivity index (χ4n) is 4.24. The molecule has 6 nitrogen and oxygen atoms in total. The molecular formula is C19H29N3O3S. The first-order chi connectivity index (χ1) is 12.3. The van der Waals surface area contributed by atoms with Gasteiger partial charge in [0.05, 0.1) is 6.26 Å². The van der Waals surface area contributed by atoms with Crippen molar-refractivity contribution in [3.05, 3.63) is 35.4 Å². The molecule has 0 aliphatic carbocycles. The number of piperazine rings is 1. The Balaban J connectivity index is 1.66. The molecule has 0 saturated carbocycles. The van der Waals surface area contributed by atoms with Crippen LogP contribution in [0.3, 0.4) is 0 Å². The smallest absolute Gasteiger partial charge is 0.254 e. The van der Waals surface area contributed by atoms with Crippen LogP contribution in [0.5, 0.6) is 0 Å². The summed E-state index contributed by atoms with van der Waals surface area (Å²) >= 11 is 0. The Kier molecular flexibility index (Phi) is 5.42. The van der Waals surface area contributed by atoms with Crippen LogP contribution in [0, 0.1) is 6.92 Å². The van der Waals surface area contributed by atoms with E-state index in [1.807, 2.05) is 36.1 Å². The highest BCUT2D eigenvalue weighted by molar-refractivity contribution is 7.88. The van der Waals surface area contributed by atoms with Gasteiger partial charge in [-0.3, -0.25) is 9.69 Å². The van der Waals surface area contributed by atoms with Crippen molar-refractivity contribution in [2.24, 2.45) is 0 Å². The Hall–Kier alpha value is -1.44. The number of carbonyl (C=O) groups excluding carboxylic acids is 1. The van der Waals surface area contributed by atoms with E-state index in [1.54, 1.807) is 4.31 Å². The molecule has 1 atom stereocenters. The zero-order chi connectivity index (χ0) is 18.9. The number of benzene rings is 1. The van der Waals surface area contributed by atoms with Crippen molar-refractivity contribution in [1.29, 1.82) is 0 Å². The third kappa shape index (κ3) is 3.66. The molecule has 1 aromatic carbocycles. The zero-order valence-electron chi connectivity index (χ0n) is 15.9. The van der Waals surface area contributed by atoms with E-state index in [2.05, 4.69) is 11.8 Å². The quantitative estimate of drug-likeness (QED) is 0.797. The van der Waals surface area contributed by atoms with Crippen LogP contribution in [-0.2, 0) is 10.0 Å². The molecule has 0 N–H and O–H groups in total. The third-order valence-corrected chi connectivity index (χ3v) is 7.29. The van der Waals surface area contributed by atoms with Gasteiger partial charge in [0.1, 0.15) is 0 Å². The van der Waals surface area contributed by atoms with E-state index in [4.69, 9.17) is 0 Å². The molecule has 1 aromatic rings. The fourth-order valence-corrected chi connectivity index (χ4v) is 5.14. The van der Waals surface area contributed by atoms with Gasteiger partial charge >= 0.3 is 0 Å². The first kappa shape index (κ1) is 19.3. The second-order valence-corrected chi connectivity index (χ2v) is 9.50. The molecule has 144 valence electrons. The van der Waals surface area contributed by atoms with Crippen molar-refractivity contribution in [3.63, 3.8) is 0 Å². The molecule has 2 aliphatic heterocycles. The van der Waals surface area contributed by atoms with Gasteiger partial charge in [-0.2, -0.15) is 0 Å². The van der Waals surface area contributed by atoms with Gasteiger partial charge < -0.3 is 4.90 Å². The van der Waals surface area contributed by atoms with Crippen LogP contribution in [0.2, 0.25) is 0 Å². The van der Waals surface area contributed by atoms with E-state index < -0.39 is 10.0 Å². The number of nitrogens with zero attached hydrogens (tertiary/aromatic N) is 3. The van der Waals surface area contributed by atoms with Gasteiger partial charge in [0, 0.05) is 50.4 Å². The predicted octanol–water partition coefficient (Wildman–Crippen LogP) is 1.57. The second kappa shape index (κ2) is 7.29. The summed E-state index contributed by atoms with van der Waals surface area (Å²) in [5.41, 5.74) is 1.68. The first-order valence-corrected chi connectivity index (χ1v) is 11.2. The highest BCUT2D eigenvalue weighted by Gasteiger charge is 2.45. The maximum Gasteiger partial charge on any atom is 0.254 e. The largest absolute Gasteiger partial charge is 0.336 e. The van der Waals surface area contributed by atoms with Crippen LogP contribution in [-0.4, -0.2) is 79.5 Å². The number of rotatable bonds is 4. The standard InChI is InChI=1S/C19H29N3O3S/c1-4-19(9-10-22(15-19)26(3,24)25)21-13-11-20(12-14-21)18(23)17-8-6-5-7-16(17)2/h5-8H,4,9-15H2,1-3H3. The molecule has 0 bridgehead atoms. The van der Waals surface area contributed by atoms with Crippen molar-refractivity contribution in [2.45, 2.75) is 32.2 Å². The zero-order valence-corrected chi connectivity index (χ0v) is 16.8. The number of amides is 1. The van der Waals surface area contributed by atoms with Crippen molar-refractivity contribution < 1.29 is 13.2 Å². The van der Waals surface area contributed by atoms with E-state index in [0.29, 0.717) is 26.2 Å². The minimum Gasteiger partial charge on any atom is -0.336 e. The van der Waals surface area contributed by atoms with Gasteiger partial charge in [0.15, 0.2) is 0 Å². The van der Waals surface area contributed by atoms with Crippen LogP contribution < -0.4 is 0 Å². The fraction of sp³-hybridized carbons (Fsp3) is 0.632. The molecule has 3 rings (SSSR count). The molecule has 2 saturated heterocycles. The van der Waals surface area contributed by atoms with Gasteiger partial charge in [0.2, 0.25) is 10.0 Å². The van der Waals surface area contributed by atoms with Crippen molar-refractivity contribution in [3.8, 4) is 0 Å². The topological polar surface area (TPSA) is 60.9 Å². The summed E-state index contributed by atoms with van der Waals surface area (Å²) in [5, 5.41) is 0. The highest BCUT2D eigenvalue weighted by Crippen LogP contribution is 2.33. The Bertz CT molecular complexity index is 772. The van der Waals surface area contributed by atoms with E-state index in [-0.39, 0.29) is 11.4 Å². The summed E-state index contributed by atoms with van der Waals surface area (Å²) < 4.78 is 25.4. The van der Waals surface area contributed by atoms with Crippen LogP contribution in [0.25, 0.3) is 0 Å². The first-order valence-electron chi connectivity index (χ1n) is 9.32. The van der Waals surface area contributed by atoms with Crippen molar-refractivity contribution in [2.75, 3.05) is 45.5 Å². The SMILES string of the molecule is CCC1(N2CCN(C(=O)c3ccccc3C)CC2)CCN(S(C)(=O)=O)C1. The van der Waals surface area contributed by atoms with Gasteiger partial charge in [-0.1, -0.05) is 25.1 Å². The molecule has 2 aliphatic rings. The summed E-state index contributed by atoms with van der Waals surface area (Å²) in [4.78, 5) is 17.1. The van der Waals surface area contributed by atoms with E-state index in [0.717, 1.165) is 37.1 Å². The molecular weight excluding hydrogens is 350 g/mol. The lowest BCUT2D eigenvalue weighted by atomic mass is 9.92. The summed E-state index contributed by atoms with van der Waals surface area (Å²) in [7, 11) is -3.15. The van der Waals surface area contributed by atoms with Gasteiger partial charge in [-0.25, -0.2) is 12.7 Å². The average Bonchev–Trinajstić information content (AvgIpc) is 3.08. The maximum absolute atomic E-state index is 12.8.